The third-order valence-electron chi connectivity index (χ3n) is 5.74. The molecule has 0 spiro atoms. The number of rotatable bonds is 3. The summed E-state index contributed by atoms with van der Waals surface area (Å²) in [7, 11) is 0. The highest BCUT2D eigenvalue weighted by Crippen LogP contribution is 2.32. The number of thiazole rings is 1. The monoisotopic (exact) mass is 466 g/mol. The number of carbonyl (C=O) groups is 1. The van der Waals surface area contributed by atoms with Gasteiger partial charge in [0.2, 0.25) is 0 Å². The Morgan fingerprint density at radius 2 is 1.78 bits per heavy atom. The van der Waals surface area contributed by atoms with Gasteiger partial charge in [0, 0.05) is 31.2 Å². The number of amides is 1. The van der Waals surface area contributed by atoms with Crippen LogP contribution >= 0.6 is 22.9 Å². The lowest BCUT2D eigenvalue weighted by Crippen LogP contribution is -2.60. The summed E-state index contributed by atoms with van der Waals surface area (Å²) in [6.07, 6.45) is 3.00. The average molecular weight is 467 g/mol. The van der Waals surface area contributed by atoms with E-state index in [1.54, 1.807) is 41.9 Å². The molecule has 4 aromatic rings. The molecule has 2 aliphatic heterocycles. The van der Waals surface area contributed by atoms with Crippen LogP contribution in [0.15, 0.2) is 54.9 Å². The largest absolute Gasteiger partial charge is 0.368 e. The van der Waals surface area contributed by atoms with Crippen molar-refractivity contribution >= 4 is 44.2 Å². The zero-order valence-electron chi connectivity index (χ0n) is 17.0. The number of para-hydroxylation sites is 1. The fourth-order valence-corrected chi connectivity index (χ4v) is 5.53. The third-order valence-corrected chi connectivity index (χ3v) is 7.08. The van der Waals surface area contributed by atoms with Crippen molar-refractivity contribution < 1.29 is 9.53 Å². The quantitative estimate of drug-likeness (QED) is 0.461. The second kappa shape index (κ2) is 7.84. The van der Waals surface area contributed by atoms with E-state index >= 15 is 0 Å². The molecule has 2 aliphatic rings. The molecule has 10 heteroatoms. The zero-order valence-corrected chi connectivity index (χ0v) is 18.5. The maximum absolute atomic E-state index is 13.5. The van der Waals surface area contributed by atoms with Crippen LogP contribution in [-0.2, 0) is 4.74 Å². The molecule has 1 amide bonds. The summed E-state index contributed by atoms with van der Waals surface area (Å²) in [4.78, 5) is 23.9. The van der Waals surface area contributed by atoms with Crippen molar-refractivity contribution in [3.05, 3.63) is 65.4 Å². The molecule has 2 aromatic carbocycles. The Kier molecular flexibility index (Phi) is 4.82. The predicted octanol–water partition coefficient (Wildman–Crippen LogP) is 3.26. The van der Waals surface area contributed by atoms with Crippen LogP contribution < -0.4 is 4.90 Å². The van der Waals surface area contributed by atoms with Crippen molar-refractivity contribution in [3.63, 3.8) is 0 Å². The van der Waals surface area contributed by atoms with Crippen molar-refractivity contribution in [2.45, 2.75) is 12.2 Å². The Morgan fingerprint density at radius 1 is 1.03 bits per heavy atom. The lowest BCUT2D eigenvalue weighted by molar-refractivity contribution is -0.0845. The van der Waals surface area contributed by atoms with Gasteiger partial charge >= 0.3 is 0 Å². The van der Waals surface area contributed by atoms with E-state index in [1.807, 2.05) is 23.1 Å². The molecule has 2 unspecified atom stereocenters. The maximum atomic E-state index is 13.5. The standard InChI is InChI=1S/C22H19ClN6O2S/c23-14-5-6-19(29-24-7-8-25-29)17(9-14)21(30)27-10-15-12-28(13-16(11-27)31-15)22-26-18-3-1-2-4-20(18)32-22/h1-9,15-16H,10-13H2. The van der Waals surface area contributed by atoms with Gasteiger partial charge in [-0.1, -0.05) is 35.1 Å². The van der Waals surface area contributed by atoms with Crippen molar-refractivity contribution in [1.29, 1.82) is 0 Å². The minimum Gasteiger partial charge on any atom is -0.368 e. The summed E-state index contributed by atoms with van der Waals surface area (Å²) in [6, 6.07) is 13.4. The minimum atomic E-state index is -0.0912. The van der Waals surface area contributed by atoms with Crippen LogP contribution in [0.25, 0.3) is 15.9 Å². The fraction of sp³-hybridized carbons (Fsp3) is 0.273. The zero-order chi connectivity index (χ0) is 21.7. The molecule has 4 heterocycles. The first-order chi connectivity index (χ1) is 15.6. The molecule has 2 atom stereocenters. The molecule has 8 nitrogen and oxygen atoms in total. The number of anilines is 1. The van der Waals surface area contributed by atoms with Crippen molar-refractivity contribution in [2.75, 3.05) is 31.1 Å². The molecule has 2 saturated heterocycles. The molecule has 6 rings (SSSR count). The molecular formula is C22H19ClN6O2S. The summed E-state index contributed by atoms with van der Waals surface area (Å²) in [5.74, 6) is -0.0912. The number of halogens is 1. The number of fused-ring (bicyclic) bond motifs is 3. The Morgan fingerprint density at radius 3 is 2.53 bits per heavy atom. The van der Waals surface area contributed by atoms with Crippen LogP contribution in [0.3, 0.4) is 0 Å². The molecule has 32 heavy (non-hydrogen) atoms. The number of hydrogen-bond acceptors (Lipinski definition) is 7. The van der Waals surface area contributed by atoms with Gasteiger partial charge in [0.05, 0.1) is 46.1 Å². The van der Waals surface area contributed by atoms with Gasteiger partial charge in [-0.3, -0.25) is 4.79 Å². The SMILES string of the molecule is O=C(c1cc(Cl)ccc1-n1nccn1)N1CC2CN(c3nc4ccccc4s3)CC(C1)O2. The maximum Gasteiger partial charge on any atom is 0.256 e. The van der Waals surface area contributed by atoms with Crippen LogP contribution in [0.1, 0.15) is 10.4 Å². The van der Waals surface area contributed by atoms with E-state index < -0.39 is 0 Å². The van der Waals surface area contributed by atoms with Gasteiger partial charge < -0.3 is 14.5 Å². The van der Waals surface area contributed by atoms with Gasteiger partial charge in [-0.05, 0) is 30.3 Å². The molecule has 0 saturated carbocycles. The summed E-state index contributed by atoms with van der Waals surface area (Å²) < 4.78 is 7.35. The molecule has 2 bridgehead atoms. The number of nitrogens with zero attached hydrogens (tertiary/aromatic N) is 6. The Labute approximate surface area is 193 Å². The summed E-state index contributed by atoms with van der Waals surface area (Å²) >= 11 is 7.92. The highest BCUT2D eigenvalue weighted by Gasteiger charge is 2.38. The summed E-state index contributed by atoms with van der Waals surface area (Å²) in [6.45, 7) is 2.41. The average Bonchev–Trinajstić information content (AvgIpc) is 3.48. The molecular weight excluding hydrogens is 448 g/mol. The number of ether oxygens (including phenoxy) is 1. The van der Waals surface area contributed by atoms with Crippen molar-refractivity contribution in [3.8, 4) is 5.69 Å². The second-order valence-corrected chi connectivity index (χ2v) is 9.38. The number of benzene rings is 2. The first-order valence-electron chi connectivity index (χ1n) is 10.4. The van der Waals surface area contributed by atoms with Gasteiger partial charge in [0.1, 0.15) is 0 Å². The van der Waals surface area contributed by atoms with E-state index in [4.69, 9.17) is 21.3 Å². The molecule has 0 N–H and O–H groups in total. The van der Waals surface area contributed by atoms with Crippen LogP contribution in [0.5, 0.6) is 0 Å². The first kappa shape index (κ1) is 19.7. The number of carbonyl (C=O) groups excluding carboxylic acids is 1. The first-order valence-corrected chi connectivity index (χ1v) is 11.5. The van der Waals surface area contributed by atoms with Crippen LogP contribution in [-0.4, -0.2) is 69.2 Å². The predicted molar refractivity (Wildman–Crippen MR) is 123 cm³/mol. The molecule has 0 radical (unpaired) electrons. The smallest absolute Gasteiger partial charge is 0.256 e. The molecule has 2 fully saturated rings. The van der Waals surface area contributed by atoms with E-state index in [2.05, 4.69) is 21.2 Å². The van der Waals surface area contributed by atoms with Gasteiger partial charge in [-0.15, -0.1) is 0 Å². The molecule has 0 aliphatic carbocycles. The van der Waals surface area contributed by atoms with Crippen molar-refractivity contribution in [2.24, 2.45) is 0 Å². The Balaban J connectivity index is 1.23. The lowest BCUT2D eigenvalue weighted by Gasteiger charge is -2.45. The van der Waals surface area contributed by atoms with Crippen molar-refractivity contribution in [1.82, 2.24) is 24.9 Å². The number of morpholine rings is 2. The fourth-order valence-electron chi connectivity index (χ4n) is 4.37. The second-order valence-electron chi connectivity index (χ2n) is 7.94. The van der Waals surface area contributed by atoms with Gasteiger partial charge in [0.15, 0.2) is 5.13 Å². The normalized spacial score (nSPS) is 20.7. The van der Waals surface area contributed by atoms with Gasteiger partial charge in [0.25, 0.3) is 5.91 Å². The van der Waals surface area contributed by atoms with Crippen LogP contribution in [0, 0.1) is 0 Å². The topological polar surface area (TPSA) is 76.4 Å². The van der Waals surface area contributed by atoms with E-state index in [0.717, 1.165) is 10.6 Å². The summed E-state index contributed by atoms with van der Waals surface area (Å²) in [5.41, 5.74) is 2.11. The van der Waals surface area contributed by atoms with E-state index in [1.165, 1.54) is 9.50 Å². The number of aromatic nitrogens is 4. The van der Waals surface area contributed by atoms with Crippen LogP contribution in [0.4, 0.5) is 5.13 Å². The minimum absolute atomic E-state index is 0.0797. The highest BCUT2D eigenvalue weighted by molar-refractivity contribution is 7.22. The lowest BCUT2D eigenvalue weighted by atomic mass is 10.1. The highest BCUT2D eigenvalue weighted by atomic mass is 35.5. The third kappa shape index (κ3) is 3.52. The summed E-state index contributed by atoms with van der Waals surface area (Å²) in [5, 5.41) is 9.86. The van der Waals surface area contributed by atoms with Crippen LogP contribution in [0.2, 0.25) is 5.02 Å². The Bertz CT molecular complexity index is 1250. The Hall–Kier alpha value is -3.01. The molecule has 2 aromatic heterocycles. The van der Waals surface area contributed by atoms with E-state index in [-0.39, 0.29) is 18.1 Å². The van der Waals surface area contributed by atoms with Gasteiger partial charge in [-0.2, -0.15) is 15.0 Å². The molecule has 162 valence electrons. The van der Waals surface area contributed by atoms with E-state index in [9.17, 15) is 4.79 Å². The number of hydrogen-bond donors (Lipinski definition) is 0. The van der Waals surface area contributed by atoms with E-state index in [0.29, 0.717) is 42.5 Å². The van der Waals surface area contributed by atoms with Gasteiger partial charge in [-0.25, -0.2) is 4.98 Å².